The molecule has 3 aromatic rings. The number of carbonyl (C=O) groups excluding carboxylic acids is 1. The van der Waals surface area contributed by atoms with Gasteiger partial charge in [0, 0.05) is 55.5 Å². The number of anilines is 1. The number of hydrogen-bond donors (Lipinski definition) is 2. The minimum absolute atomic E-state index is 0.0642. The molecule has 206 valence electrons. The van der Waals surface area contributed by atoms with Crippen LogP contribution in [-0.4, -0.2) is 59.4 Å². The number of fused-ring (bicyclic) bond motifs is 1. The van der Waals surface area contributed by atoms with Crippen molar-refractivity contribution >= 4 is 11.6 Å². The van der Waals surface area contributed by atoms with E-state index in [1.807, 2.05) is 31.2 Å². The van der Waals surface area contributed by atoms with Gasteiger partial charge in [-0.05, 0) is 53.9 Å². The number of nitrogens with zero attached hydrogens (tertiary/aromatic N) is 2. The smallest absolute Gasteiger partial charge is 0.433 e. The molecule has 7 nitrogen and oxygen atoms in total. The number of carbonyl (C=O) groups is 1. The van der Waals surface area contributed by atoms with Gasteiger partial charge in [-0.2, -0.15) is 13.2 Å². The summed E-state index contributed by atoms with van der Waals surface area (Å²) >= 11 is 0. The van der Waals surface area contributed by atoms with Crippen molar-refractivity contribution in [3.8, 4) is 16.9 Å². The number of aryl methyl sites for hydroxylation is 1. The summed E-state index contributed by atoms with van der Waals surface area (Å²) in [5.74, 6) is 0.119. The molecule has 0 aliphatic carbocycles. The van der Waals surface area contributed by atoms with Crippen LogP contribution in [0.1, 0.15) is 40.0 Å². The molecule has 1 fully saturated rings. The molecule has 0 bridgehead atoms. The van der Waals surface area contributed by atoms with Crippen molar-refractivity contribution < 1.29 is 32.5 Å². The van der Waals surface area contributed by atoms with E-state index in [-0.39, 0.29) is 12.2 Å². The molecule has 1 spiro atoms. The predicted octanol–water partition coefficient (Wildman–Crippen LogP) is 5.06. The topological polar surface area (TPSA) is 83.9 Å². The van der Waals surface area contributed by atoms with Gasteiger partial charge in [0.05, 0.1) is 19.8 Å². The quantitative estimate of drug-likeness (QED) is 0.470. The number of rotatable bonds is 5. The van der Waals surface area contributed by atoms with Crippen LogP contribution < -0.4 is 10.1 Å². The van der Waals surface area contributed by atoms with Crippen molar-refractivity contribution in [2.75, 3.05) is 38.2 Å². The molecule has 10 heteroatoms. The zero-order valence-electron chi connectivity index (χ0n) is 21.6. The lowest BCUT2D eigenvalue weighted by Crippen LogP contribution is -2.50. The van der Waals surface area contributed by atoms with Crippen LogP contribution in [0.4, 0.5) is 18.9 Å². The van der Waals surface area contributed by atoms with Gasteiger partial charge in [0.25, 0.3) is 5.91 Å². The molecular weight excluding hydrogens is 511 g/mol. The van der Waals surface area contributed by atoms with Gasteiger partial charge in [0.1, 0.15) is 17.0 Å². The lowest BCUT2D eigenvalue weighted by atomic mass is 9.93. The molecule has 0 atom stereocenters. The largest absolute Gasteiger partial charge is 0.485 e. The fraction of sp³-hybridized carbons (Fsp3) is 0.379. The lowest BCUT2D eigenvalue weighted by Gasteiger charge is -2.39. The van der Waals surface area contributed by atoms with Crippen molar-refractivity contribution in [1.82, 2.24) is 9.88 Å². The minimum atomic E-state index is -4.64. The second kappa shape index (κ2) is 11.0. The molecule has 1 aromatic heterocycles. The Morgan fingerprint density at radius 3 is 2.67 bits per heavy atom. The first-order valence-corrected chi connectivity index (χ1v) is 12.8. The van der Waals surface area contributed by atoms with Gasteiger partial charge >= 0.3 is 6.18 Å². The van der Waals surface area contributed by atoms with E-state index in [2.05, 4.69) is 15.2 Å². The summed E-state index contributed by atoms with van der Waals surface area (Å²) in [6.45, 7) is 5.15. The summed E-state index contributed by atoms with van der Waals surface area (Å²) in [7, 11) is 0. The summed E-state index contributed by atoms with van der Waals surface area (Å²) in [5.41, 5.74) is 2.55. The number of aromatic nitrogens is 1. The fourth-order valence-electron chi connectivity index (χ4n) is 5.16. The Hall–Kier alpha value is -3.47. The number of amides is 1. The summed E-state index contributed by atoms with van der Waals surface area (Å²) in [5, 5.41) is 12.3. The number of benzene rings is 2. The van der Waals surface area contributed by atoms with Crippen LogP contribution in [0, 0.1) is 6.92 Å². The fourth-order valence-corrected chi connectivity index (χ4v) is 5.16. The SMILES string of the molecule is Cc1ccc(NC(=O)c2ccnc(C(F)(F)F)c2)cc1-c1ccc2c(c1)OC1(CCOCC1)CN(CCO)C2. The first-order chi connectivity index (χ1) is 18.7. The highest BCUT2D eigenvalue weighted by molar-refractivity contribution is 6.04. The second-order valence-electron chi connectivity index (χ2n) is 10.1. The lowest BCUT2D eigenvalue weighted by molar-refractivity contribution is -0.141. The average molecular weight is 542 g/mol. The molecule has 2 aliphatic heterocycles. The molecular formula is C29H30F3N3O4. The number of hydrogen-bond acceptors (Lipinski definition) is 6. The van der Waals surface area contributed by atoms with E-state index in [0.717, 1.165) is 53.1 Å². The van der Waals surface area contributed by atoms with Crippen molar-refractivity contribution in [2.24, 2.45) is 0 Å². The van der Waals surface area contributed by atoms with Gasteiger partial charge in [-0.25, -0.2) is 0 Å². The predicted molar refractivity (Wildman–Crippen MR) is 140 cm³/mol. The van der Waals surface area contributed by atoms with E-state index >= 15 is 0 Å². The van der Waals surface area contributed by atoms with Gasteiger partial charge in [0.2, 0.25) is 0 Å². The third-order valence-corrected chi connectivity index (χ3v) is 7.24. The summed E-state index contributed by atoms with van der Waals surface area (Å²) in [4.78, 5) is 18.3. The van der Waals surface area contributed by atoms with Crippen LogP contribution >= 0.6 is 0 Å². The van der Waals surface area contributed by atoms with Crippen molar-refractivity contribution in [3.63, 3.8) is 0 Å². The third kappa shape index (κ3) is 6.08. The molecule has 2 aromatic carbocycles. The number of alkyl halides is 3. The summed E-state index contributed by atoms with van der Waals surface area (Å²) in [6, 6.07) is 13.4. The number of β-amino-alcohol motifs (C(OH)–C–C–N with tert-alkyl or cyclic N) is 1. The maximum Gasteiger partial charge on any atom is 0.433 e. The second-order valence-corrected chi connectivity index (χ2v) is 10.1. The van der Waals surface area contributed by atoms with E-state index in [4.69, 9.17) is 9.47 Å². The molecule has 0 saturated carbocycles. The number of ether oxygens (including phenoxy) is 2. The molecule has 1 amide bonds. The van der Waals surface area contributed by atoms with Gasteiger partial charge in [-0.15, -0.1) is 0 Å². The maximum atomic E-state index is 13.0. The van der Waals surface area contributed by atoms with Crippen LogP contribution in [0.25, 0.3) is 11.1 Å². The van der Waals surface area contributed by atoms with Crippen LogP contribution in [0.15, 0.2) is 54.7 Å². The zero-order valence-corrected chi connectivity index (χ0v) is 21.6. The standard InChI is InChI=1S/C29H30F3N3O4/c1-19-2-5-23(34-27(37)21-6-9-33-26(15-21)29(30,31)32)16-24(19)20-3-4-22-17-35(10-11-36)18-28(39-25(22)14-20)7-12-38-13-8-28/h2-6,9,14-16,36H,7-8,10-13,17-18H2,1H3,(H,34,37). The zero-order chi connectivity index (χ0) is 27.6. The molecule has 2 aliphatic rings. The number of aliphatic hydroxyl groups excluding tert-OH is 1. The summed E-state index contributed by atoms with van der Waals surface area (Å²) in [6.07, 6.45) is -2.16. The van der Waals surface area contributed by atoms with Crippen LogP contribution in [0.2, 0.25) is 0 Å². The molecule has 5 rings (SSSR count). The van der Waals surface area contributed by atoms with Crippen molar-refractivity contribution in [1.29, 1.82) is 0 Å². The first-order valence-electron chi connectivity index (χ1n) is 12.8. The number of aliphatic hydroxyl groups is 1. The van der Waals surface area contributed by atoms with E-state index in [1.165, 1.54) is 6.07 Å². The van der Waals surface area contributed by atoms with Gasteiger partial charge < -0.3 is 19.9 Å². The van der Waals surface area contributed by atoms with Crippen LogP contribution in [0.5, 0.6) is 5.75 Å². The van der Waals surface area contributed by atoms with Crippen molar-refractivity contribution in [3.05, 3.63) is 77.1 Å². The number of nitrogens with one attached hydrogen (secondary N) is 1. The van der Waals surface area contributed by atoms with Crippen LogP contribution in [0.3, 0.4) is 0 Å². The monoisotopic (exact) mass is 541 g/mol. The highest BCUT2D eigenvalue weighted by atomic mass is 19.4. The Bertz CT molecular complexity index is 1360. The Morgan fingerprint density at radius 1 is 1.13 bits per heavy atom. The van der Waals surface area contributed by atoms with E-state index < -0.39 is 23.4 Å². The van der Waals surface area contributed by atoms with Gasteiger partial charge in [-0.3, -0.25) is 14.7 Å². The van der Waals surface area contributed by atoms with Gasteiger partial charge in [-0.1, -0.05) is 18.2 Å². The van der Waals surface area contributed by atoms with E-state index in [0.29, 0.717) is 38.5 Å². The van der Waals surface area contributed by atoms with Crippen molar-refractivity contribution in [2.45, 2.75) is 38.1 Å². The number of pyridine rings is 1. The van der Waals surface area contributed by atoms with E-state index in [9.17, 15) is 23.1 Å². The molecule has 3 heterocycles. The molecule has 0 radical (unpaired) electrons. The molecule has 0 unspecified atom stereocenters. The number of halogens is 3. The normalized spacial score (nSPS) is 17.3. The van der Waals surface area contributed by atoms with E-state index in [1.54, 1.807) is 12.1 Å². The molecule has 2 N–H and O–H groups in total. The Balaban J connectivity index is 1.43. The highest BCUT2D eigenvalue weighted by Gasteiger charge is 2.39. The Kier molecular flexibility index (Phi) is 7.61. The average Bonchev–Trinajstić information content (AvgIpc) is 3.05. The first kappa shape index (κ1) is 27.1. The Morgan fingerprint density at radius 2 is 1.92 bits per heavy atom. The summed E-state index contributed by atoms with van der Waals surface area (Å²) < 4.78 is 51.4. The highest BCUT2D eigenvalue weighted by Crippen LogP contribution is 2.38. The van der Waals surface area contributed by atoms with Gasteiger partial charge in [0.15, 0.2) is 0 Å². The van der Waals surface area contributed by atoms with Crippen LogP contribution in [-0.2, 0) is 17.5 Å². The third-order valence-electron chi connectivity index (χ3n) is 7.24. The maximum absolute atomic E-state index is 13.0. The molecule has 1 saturated heterocycles. The Labute approximate surface area is 224 Å². The molecule has 39 heavy (non-hydrogen) atoms. The minimum Gasteiger partial charge on any atom is -0.485 e.